The van der Waals surface area contributed by atoms with Crippen molar-refractivity contribution < 1.29 is 19.1 Å². The van der Waals surface area contributed by atoms with Crippen molar-refractivity contribution in [2.24, 2.45) is 0 Å². The van der Waals surface area contributed by atoms with Gasteiger partial charge in [0.15, 0.2) is 0 Å². The van der Waals surface area contributed by atoms with E-state index in [9.17, 15) is 9.59 Å². The molecule has 4 rings (SSSR count). The Kier molecular flexibility index (Phi) is 7.89. The number of carbonyl (C=O) groups excluding carboxylic acids is 2. The van der Waals surface area contributed by atoms with Crippen molar-refractivity contribution in [3.8, 4) is 5.75 Å². The molecule has 2 fully saturated rings. The van der Waals surface area contributed by atoms with Gasteiger partial charge in [-0.15, -0.1) is 0 Å². The zero-order chi connectivity index (χ0) is 23.1. The number of carbonyl (C=O) groups is 2. The first-order valence-corrected chi connectivity index (χ1v) is 12.0. The number of likely N-dealkylation sites (tertiary alicyclic amines) is 1. The number of hydrogen-bond donors (Lipinski definition) is 0. The van der Waals surface area contributed by atoms with Crippen LogP contribution in [0.3, 0.4) is 0 Å². The fourth-order valence-electron chi connectivity index (χ4n) is 4.48. The van der Waals surface area contributed by atoms with Gasteiger partial charge in [-0.1, -0.05) is 48.0 Å². The SMILES string of the molecule is O=C(C[C@@]1(COc2ccccc2)CN(C(=O)Cc2ccccc2Cl)CCO1)N1CCCCC1. The summed E-state index contributed by atoms with van der Waals surface area (Å²) in [5.74, 6) is 0.748. The molecule has 0 N–H and O–H groups in total. The van der Waals surface area contributed by atoms with E-state index >= 15 is 0 Å². The number of halogens is 1. The third kappa shape index (κ3) is 6.27. The molecule has 0 bridgehead atoms. The van der Waals surface area contributed by atoms with Gasteiger partial charge < -0.3 is 19.3 Å². The highest BCUT2D eigenvalue weighted by molar-refractivity contribution is 6.31. The van der Waals surface area contributed by atoms with Crippen LogP contribution in [0.5, 0.6) is 5.75 Å². The summed E-state index contributed by atoms with van der Waals surface area (Å²) in [6, 6.07) is 16.9. The molecule has 2 aromatic rings. The van der Waals surface area contributed by atoms with Gasteiger partial charge in [-0.2, -0.15) is 0 Å². The van der Waals surface area contributed by atoms with Gasteiger partial charge in [-0.3, -0.25) is 9.59 Å². The Hall–Kier alpha value is -2.57. The largest absolute Gasteiger partial charge is 0.490 e. The summed E-state index contributed by atoms with van der Waals surface area (Å²) in [7, 11) is 0. The van der Waals surface area contributed by atoms with Crippen LogP contribution in [-0.2, 0) is 20.7 Å². The molecule has 1 atom stereocenters. The highest BCUT2D eigenvalue weighted by Gasteiger charge is 2.42. The predicted molar refractivity (Wildman–Crippen MR) is 127 cm³/mol. The molecule has 0 saturated carbocycles. The fourth-order valence-corrected chi connectivity index (χ4v) is 4.68. The minimum atomic E-state index is -0.890. The second kappa shape index (κ2) is 11.0. The number of ether oxygens (including phenoxy) is 2. The van der Waals surface area contributed by atoms with Crippen molar-refractivity contribution in [3.05, 3.63) is 65.2 Å². The molecule has 2 aromatic carbocycles. The lowest BCUT2D eigenvalue weighted by molar-refractivity contribution is -0.166. The first-order chi connectivity index (χ1) is 16.0. The van der Waals surface area contributed by atoms with Crippen LogP contribution in [0.4, 0.5) is 0 Å². The molecule has 2 heterocycles. The number of rotatable bonds is 7. The monoisotopic (exact) mass is 470 g/mol. The Labute approximate surface area is 200 Å². The number of amides is 2. The summed E-state index contributed by atoms with van der Waals surface area (Å²) < 4.78 is 12.3. The molecule has 6 nitrogen and oxygen atoms in total. The Morgan fingerprint density at radius 3 is 2.39 bits per heavy atom. The Bertz CT molecular complexity index is 948. The molecule has 2 saturated heterocycles. The maximum Gasteiger partial charge on any atom is 0.227 e. The van der Waals surface area contributed by atoms with Crippen LogP contribution in [-0.4, -0.2) is 66.6 Å². The zero-order valence-electron chi connectivity index (χ0n) is 18.9. The molecule has 0 spiro atoms. The van der Waals surface area contributed by atoms with Crippen molar-refractivity contribution in [1.82, 2.24) is 9.80 Å². The van der Waals surface area contributed by atoms with E-state index in [1.54, 1.807) is 11.0 Å². The fraction of sp³-hybridized carbons (Fsp3) is 0.462. The first kappa shape index (κ1) is 23.6. The summed E-state index contributed by atoms with van der Waals surface area (Å²) in [4.78, 5) is 30.0. The van der Waals surface area contributed by atoms with E-state index in [1.165, 1.54) is 0 Å². The highest BCUT2D eigenvalue weighted by Crippen LogP contribution is 2.27. The van der Waals surface area contributed by atoms with Gasteiger partial charge in [0.1, 0.15) is 18.0 Å². The van der Waals surface area contributed by atoms with E-state index in [-0.39, 0.29) is 31.3 Å². The third-order valence-corrected chi connectivity index (χ3v) is 6.70. The zero-order valence-corrected chi connectivity index (χ0v) is 19.6. The second-order valence-electron chi connectivity index (χ2n) is 8.83. The van der Waals surface area contributed by atoms with Crippen LogP contribution < -0.4 is 4.74 Å². The average molecular weight is 471 g/mol. The molecule has 0 aromatic heterocycles. The van der Waals surface area contributed by atoms with Gasteiger partial charge in [0.05, 0.1) is 26.0 Å². The van der Waals surface area contributed by atoms with Crippen molar-refractivity contribution in [2.75, 3.05) is 39.4 Å². The molecular weight excluding hydrogens is 440 g/mol. The Morgan fingerprint density at radius 1 is 0.909 bits per heavy atom. The Balaban J connectivity index is 1.49. The topological polar surface area (TPSA) is 59.1 Å². The number of morpholine rings is 1. The van der Waals surface area contributed by atoms with Crippen LogP contribution in [0.1, 0.15) is 31.2 Å². The summed E-state index contributed by atoms with van der Waals surface area (Å²) in [5, 5.41) is 0.582. The van der Waals surface area contributed by atoms with Gasteiger partial charge in [-0.25, -0.2) is 0 Å². The van der Waals surface area contributed by atoms with Gasteiger partial charge in [0.25, 0.3) is 0 Å². The molecule has 2 aliphatic heterocycles. The maximum absolute atomic E-state index is 13.2. The van der Waals surface area contributed by atoms with Gasteiger partial charge >= 0.3 is 0 Å². The second-order valence-corrected chi connectivity index (χ2v) is 9.24. The standard InChI is InChI=1S/C26H31ClN2O4/c27-23-12-6-5-9-21(23)17-24(30)29-15-16-33-26(19-29,20-32-22-10-3-1-4-11-22)18-25(31)28-13-7-2-8-14-28/h1,3-6,9-12H,2,7-8,13-20H2/t26-/m0/s1. The van der Waals surface area contributed by atoms with Crippen LogP contribution in [0.25, 0.3) is 0 Å². The lowest BCUT2D eigenvalue weighted by atomic mass is 9.95. The highest BCUT2D eigenvalue weighted by atomic mass is 35.5. The van der Waals surface area contributed by atoms with E-state index in [0.29, 0.717) is 30.5 Å². The molecule has 0 aliphatic carbocycles. The predicted octanol–water partition coefficient (Wildman–Crippen LogP) is 3.96. The summed E-state index contributed by atoms with van der Waals surface area (Å²) >= 11 is 6.27. The normalized spacial score (nSPS) is 21.0. The van der Waals surface area contributed by atoms with Crippen molar-refractivity contribution in [1.29, 1.82) is 0 Å². The van der Waals surface area contributed by atoms with Gasteiger partial charge in [-0.05, 0) is 43.0 Å². The molecule has 2 aliphatic rings. The van der Waals surface area contributed by atoms with Crippen LogP contribution in [0.2, 0.25) is 5.02 Å². The maximum atomic E-state index is 13.2. The van der Waals surface area contributed by atoms with Gasteiger partial charge in [0, 0.05) is 24.7 Å². The average Bonchev–Trinajstić information content (AvgIpc) is 2.85. The van der Waals surface area contributed by atoms with Crippen LogP contribution in [0, 0.1) is 0 Å². The van der Waals surface area contributed by atoms with E-state index in [2.05, 4.69) is 0 Å². The summed E-state index contributed by atoms with van der Waals surface area (Å²) in [6.07, 6.45) is 3.63. The van der Waals surface area contributed by atoms with Gasteiger partial charge in [0.2, 0.25) is 11.8 Å². The van der Waals surface area contributed by atoms with Crippen LogP contribution >= 0.6 is 11.6 Å². The number of hydrogen-bond acceptors (Lipinski definition) is 4. The smallest absolute Gasteiger partial charge is 0.227 e. The number of para-hydroxylation sites is 1. The molecule has 7 heteroatoms. The molecule has 2 amide bonds. The van der Waals surface area contributed by atoms with Crippen molar-refractivity contribution >= 4 is 23.4 Å². The van der Waals surface area contributed by atoms with E-state index < -0.39 is 5.60 Å². The van der Waals surface area contributed by atoms with Crippen LogP contribution in [0.15, 0.2) is 54.6 Å². The third-order valence-electron chi connectivity index (χ3n) is 6.33. The van der Waals surface area contributed by atoms with E-state index in [0.717, 1.165) is 37.9 Å². The quantitative estimate of drug-likeness (QED) is 0.614. The minimum Gasteiger partial charge on any atom is -0.490 e. The Morgan fingerprint density at radius 2 is 1.64 bits per heavy atom. The van der Waals surface area contributed by atoms with Crippen molar-refractivity contribution in [2.45, 2.75) is 37.7 Å². The van der Waals surface area contributed by atoms with E-state index in [4.69, 9.17) is 21.1 Å². The summed E-state index contributed by atoms with van der Waals surface area (Å²) in [6.45, 7) is 2.91. The minimum absolute atomic E-state index is 0.0269. The lowest BCUT2D eigenvalue weighted by Crippen LogP contribution is -2.58. The molecular formula is C26H31ClN2O4. The molecule has 176 valence electrons. The summed E-state index contributed by atoms with van der Waals surface area (Å²) in [5.41, 5.74) is -0.0927. The molecule has 0 unspecified atom stereocenters. The number of benzene rings is 2. The lowest BCUT2D eigenvalue weighted by Gasteiger charge is -2.43. The molecule has 33 heavy (non-hydrogen) atoms. The van der Waals surface area contributed by atoms with E-state index in [1.807, 2.05) is 53.4 Å². The number of piperidine rings is 1. The molecule has 0 radical (unpaired) electrons. The van der Waals surface area contributed by atoms with Crippen molar-refractivity contribution in [3.63, 3.8) is 0 Å². The first-order valence-electron chi connectivity index (χ1n) is 11.7. The number of nitrogens with zero attached hydrogens (tertiary/aromatic N) is 2.